The third-order valence-electron chi connectivity index (χ3n) is 5.06. The summed E-state index contributed by atoms with van der Waals surface area (Å²) in [6, 6.07) is 6.78. The van der Waals surface area contributed by atoms with Gasteiger partial charge in [-0.15, -0.1) is 0 Å². The molecule has 1 saturated heterocycles. The van der Waals surface area contributed by atoms with Crippen LogP contribution >= 0.6 is 11.6 Å². The molecule has 1 aromatic rings. The van der Waals surface area contributed by atoms with Crippen LogP contribution in [0.25, 0.3) is 0 Å². The Morgan fingerprint density at radius 3 is 2.36 bits per heavy atom. The number of aliphatic carboxylic acids is 1. The number of rotatable bonds is 3. The molecule has 22 heavy (non-hydrogen) atoms. The lowest BCUT2D eigenvalue weighted by molar-refractivity contribution is -0.150. The largest absolute Gasteiger partial charge is 0.480 e. The standard InChI is InChI=1S/C17H20ClNO3/c18-13-7-5-12(6-8-13)17(9-1-2-10-17)16(22)19-11-3-4-14(19)15(20)21/h5-8,14H,1-4,9-11H2,(H,20,21)/t14-/m0/s1. The van der Waals surface area contributed by atoms with E-state index in [0.717, 1.165) is 37.7 Å². The topological polar surface area (TPSA) is 57.6 Å². The smallest absolute Gasteiger partial charge is 0.326 e. The van der Waals surface area contributed by atoms with Gasteiger partial charge < -0.3 is 10.0 Å². The molecule has 1 heterocycles. The van der Waals surface area contributed by atoms with Gasteiger partial charge in [0, 0.05) is 11.6 Å². The van der Waals surface area contributed by atoms with E-state index in [1.54, 1.807) is 4.90 Å². The summed E-state index contributed by atoms with van der Waals surface area (Å²) >= 11 is 5.96. The molecule has 1 atom stereocenters. The van der Waals surface area contributed by atoms with Crippen LogP contribution in [-0.4, -0.2) is 34.5 Å². The van der Waals surface area contributed by atoms with Crippen LogP contribution in [0.2, 0.25) is 5.02 Å². The maximum Gasteiger partial charge on any atom is 0.326 e. The molecule has 1 saturated carbocycles. The van der Waals surface area contributed by atoms with E-state index in [1.807, 2.05) is 24.3 Å². The van der Waals surface area contributed by atoms with Crippen molar-refractivity contribution in [1.29, 1.82) is 0 Å². The second kappa shape index (κ2) is 5.92. The molecule has 1 aromatic carbocycles. The number of amides is 1. The van der Waals surface area contributed by atoms with E-state index < -0.39 is 17.4 Å². The molecule has 5 heteroatoms. The molecule has 1 N–H and O–H groups in total. The van der Waals surface area contributed by atoms with E-state index in [4.69, 9.17) is 11.6 Å². The summed E-state index contributed by atoms with van der Waals surface area (Å²) in [6.07, 6.45) is 4.89. The molecule has 0 radical (unpaired) electrons. The number of likely N-dealkylation sites (tertiary alicyclic amines) is 1. The van der Waals surface area contributed by atoms with E-state index in [0.29, 0.717) is 18.0 Å². The summed E-state index contributed by atoms with van der Waals surface area (Å²) in [6.45, 7) is 0.547. The van der Waals surface area contributed by atoms with Gasteiger partial charge in [-0.25, -0.2) is 4.79 Å². The highest BCUT2D eigenvalue weighted by atomic mass is 35.5. The van der Waals surface area contributed by atoms with Crippen LogP contribution in [0.4, 0.5) is 0 Å². The molecule has 4 nitrogen and oxygen atoms in total. The van der Waals surface area contributed by atoms with Gasteiger partial charge in [0.15, 0.2) is 0 Å². The third-order valence-corrected chi connectivity index (χ3v) is 5.31. The highest BCUT2D eigenvalue weighted by molar-refractivity contribution is 6.30. The lowest BCUT2D eigenvalue weighted by Gasteiger charge is -2.34. The zero-order chi connectivity index (χ0) is 15.7. The summed E-state index contributed by atoms with van der Waals surface area (Å²) in [5.74, 6) is -0.910. The molecule has 1 aliphatic heterocycles. The van der Waals surface area contributed by atoms with Gasteiger partial charge in [-0.3, -0.25) is 4.79 Å². The van der Waals surface area contributed by atoms with Crippen molar-refractivity contribution in [2.75, 3.05) is 6.54 Å². The Hall–Kier alpha value is -1.55. The van der Waals surface area contributed by atoms with E-state index in [-0.39, 0.29) is 5.91 Å². The summed E-state index contributed by atoms with van der Waals surface area (Å²) in [4.78, 5) is 26.2. The fraction of sp³-hybridized carbons (Fsp3) is 0.529. The predicted octanol–water partition coefficient (Wildman–Crippen LogP) is 3.23. The first-order valence-corrected chi connectivity index (χ1v) is 8.22. The van der Waals surface area contributed by atoms with Gasteiger partial charge in [-0.1, -0.05) is 36.6 Å². The van der Waals surface area contributed by atoms with Crippen molar-refractivity contribution in [3.05, 3.63) is 34.9 Å². The summed E-state index contributed by atoms with van der Waals surface area (Å²) in [7, 11) is 0. The van der Waals surface area contributed by atoms with Crippen LogP contribution in [-0.2, 0) is 15.0 Å². The molecule has 3 rings (SSSR count). The first kappa shape index (κ1) is 15.3. The van der Waals surface area contributed by atoms with Crippen LogP contribution in [0.3, 0.4) is 0 Å². The molecule has 2 fully saturated rings. The Morgan fingerprint density at radius 1 is 1.14 bits per heavy atom. The first-order chi connectivity index (χ1) is 10.5. The van der Waals surface area contributed by atoms with Crippen LogP contribution in [0.1, 0.15) is 44.1 Å². The molecule has 118 valence electrons. The monoisotopic (exact) mass is 321 g/mol. The normalized spacial score (nSPS) is 23.7. The molecule has 0 aromatic heterocycles. The average molecular weight is 322 g/mol. The Morgan fingerprint density at radius 2 is 1.77 bits per heavy atom. The van der Waals surface area contributed by atoms with Crippen LogP contribution < -0.4 is 0 Å². The quantitative estimate of drug-likeness (QED) is 0.930. The van der Waals surface area contributed by atoms with Gasteiger partial charge in [0.1, 0.15) is 6.04 Å². The molecule has 2 aliphatic rings. The van der Waals surface area contributed by atoms with E-state index in [9.17, 15) is 14.7 Å². The number of benzene rings is 1. The molecule has 1 aliphatic carbocycles. The Labute approximate surface area is 135 Å². The molecular weight excluding hydrogens is 302 g/mol. The number of halogens is 1. The van der Waals surface area contributed by atoms with Crippen molar-refractivity contribution in [3.8, 4) is 0 Å². The van der Waals surface area contributed by atoms with Gasteiger partial charge in [0.2, 0.25) is 5.91 Å². The molecule has 1 amide bonds. The minimum atomic E-state index is -0.893. The molecule has 0 spiro atoms. The second-order valence-electron chi connectivity index (χ2n) is 6.29. The van der Waals surface area contributed by atoms with E-state index in [1.165, 1.54) is 0 Å². The number of carboxylic acid groups (broad SMARTS) is 1. The van der Waals surface area contributed by atoms with Crippen molar-refractivity contribution in [2.24, 2.45) is 0 Å². The lowest BCUT2D eigenvalue weighted by Crippen LogP contribution is -2.49. The predicted molar refractivity (Wildman–Crippen MR) is 84.0 cm³/mol. The summed E-state index contributed by atoms with van der Waals surface area (Å²) < 4.78 is 0. The van der Waals surface area contributed by atoms with Crippen LogP contribution in [0, 0.1) is 0 Å². The van der Waals surface area contributed by atoms with Crippen molar-refractivity contribution in [2.45, 2.75) is 50.0 Å². The zero-order valence-corrected chi connectivity index (χ0v) is 13.2. The number of carbonyl (C=O) groups is 2. The van der Waals surface area contributed by atoms with Gasteiger partial charge in [-0.2, -0.15) is 0 Å². The molecule has 0 bridgehead atoms. The first-order valence-electron chi connectivity index (χ1n) is 7.84. The van der Waals surface area contributed by atoms with Crippen LogP contribution in [0.15, 0.2) is 24.3 Å². The number of hydrogen-bond acceptors (Lipinski definition) is 2. The number of carboxylic acids is 1. The molecular formula is C17H20ClNO3. The second-order valence-corrected chi connectivity index (χ2v) is 6.73. The van der Waals surface area contributed by atoms with Gasteiger partial charge in [-0.05, 0) is 43.4 Å². The van der Waals surface area contributed by atoms with E-state index in [2.05, 4.69) is 0 Å². The average Bonchev–Trinajstić information content (AvgIpc) is 3.17. The highest BCUT2D eigenvalue weighted by Crippen LogP contribution is 2.44. The van der Waals surface area contributed by atoms with Crippen molar-refractivity contribution >= 4 is 23.5 Å². The van der Waals surface area contributed by atoms with Gasteiger partial charge in [0.25, 0.3) is 0 Å². The maximum absolute atomic E-state index is 13.2. The van der Waals surface area contributed by atoms with Gasteiger partial charge >= 0.3 is 5.97 Å². The van der Waals surface area contributed by atoms with Crippen LogP contribution in [0.5, 0.6) is 0 Å². The lowest BCUT2D eigenvalue weighted by atomic mass is 9.77. The Balaban J connectivity index is 1.95. The molecule has 0 unspecified atom stereocenters. The van der Waals surface area contributed by atoms with Crippen molar-refractivity contribution in [1.82, 2.24) is 4.90 Å². The summed E-state index contributed by atoms with van der Waals surface area (Å²) in [5, 5.41) is 10.0. The Kier molecular flexibility index (Phi) is 4.13. The highest BCUT2D eigenvalue weighted by Gasteiger charge is 2.48. The maximum atomic E-state index is 13.2. The Bertz CT molecular complexity index is 578. The number of carbonyl (C=O) groups excluding carboxylic acids is 1. The minimum absolute atomic E-state index is 0.0165. The van der Waals surface area contributed by atoms with Crippen molar-refractivity contribution < 1.29 is 14.7 Å². The SMILES string of the molecule is O=C(O)[C@@H]1CCCN1C(=O)C1(c2ccc(Cl)cc2)CCCC1. The fourth-order valence-electron chi connectivity index (χ4n) is 3.91. The van der Waals surface area contributed by atoms with Gasteiger partial charge in [0.05, 0.1) is 5.41 Å². The summed E-state index contributed by atoms with van der Waals surface area (Å²) in [5.41, 5.74) is 0.401. The van der Waals surface area contributed by atoms with E-state index >= 15 is 0 Å². The third kappa shape index (κ3) is 2.50. The van der Waals surface area contributed by atoms with Crippen molar-refractivity contribution in [3.63, 3.8) is 0 Å². The minimum Gasteiger partial charge on any atom is -0.480 e. The number of hydrogen-bond donors (Lipinski definition) is 1. The number of nitrogens with zero attached hydrogens (tertiary/aromatic N) is 1. The zero-order valence-electron chi connectivity index (χ0n) is 12.4. The fourth-order valence-corrected chi connectivity index (χ4v) is 4.04.